The van der Waals surface area contributed by atoms with Gasteiger partial charge in [-0.1, -0.05) is 18.2 Å². The van der Waals surface area contributed by atoms with Gasteiger partial charge in [-0.25, -0.2) is 15.0 Å². The molecule has 0 spiro atoms. The Morgan fingerprint density at radius 3 is 2.28 bits per heavy atom. The molecule has 1 fully saturated rings. The van der Waals surface area contributed by atoms with Crippen LogP contribution in [0.3, 0.4) is 0 Å². The zero-order valence-electron chi connectivity index (χ0n) is 20.8. The molecule has 186 valence electrons. The van der Waals surface area contributed by atoms with Gasteiger partial charge >= 0.3 is 0 Å². The number of hydrazine groups is 1. The Morgan fingerprint density at radius 1 is 0.889 bits per heavy atom. The number of anilines is 4. The van der Waals surface area contributed by atoms with Gasteiger partial charge in [0, 0.05) is 49.2 Å². The topological polar surface area (TPSA) is 103 Å². The lowest BCUT2D eigenvalue weighted by molar-refractivity contribution is 0.0662. The van der Waals surface area contributed by atoms with Gasteiger partial charge in [-0.15, -0.1) is 0 Å². The number of piperazine rings is 1. The number of hydrogen-bond acceptors (Lipinski definition) is 8. The Hall–Kier alpha value is -4.02. The summed E-state index contributed by atoms with van der Waals surface area (Å²) >= 11 is 0. The second-order valence-corrected chi connectivity index (χ2v) is 9.23. The van der Waals surface area contributed by atoms with Crippen LogP contribution in [0.1, 0.15) is 30.2 Å². The third-order valence-electron chi connectivity index (χ3n) is 6.15. The van der Waals surface area contributed by atoms with Crippen LogP contribution < -0.4 is 16.1 Å². The number of carbonyl (C=O) groups is 1. The van der Waals surface area contributed by atoms with E-state index in [1.165, 1.54) is 0 Å². The summed E-state index contributed by atoms with van der Waals surface area (Å²) in [5, 5.41) is 8.59. The van der Waals surface area contributed by atoms with Crippen LogP contribution in [0.25, 0.3) is 11.2 Å². The van der Waals surface area contributed by atoms with E-state index in [4.69, 9.17) is 9.97 Å². The summed E-state index contributed by atoms with van der Waals surface area (Å²) in [4.78, 5) is 28.8. The molecular formula is C26H31N9O. The fourth-order valence-electron chi connectivity index (χ4n) is 4.14. The monoisotopic (exact) mass is 485 g/mol. The van der Waals surface area contributed by atoms with Crippen molar-refractivity contribution in [3.63, 3.8) is 0 Å². The van der Waals surface area contributed by atoms with Crippen LogP contribution in [-0.4, -0.2) is 68.6 Å². The van der Waals surface area contributed by atoms with Crippen molar-refractivity contribution in [3.8, 4) is 0 Å². The van der Waals surface area contributed by atoms with Gasteiger partial charge in [-0.05, 0) is 57.3 Å². The molecule has 1 aliphatic rings. The molecule has 1 aliphatic heterocycles. The summed E-state index contributed by atoms with van der Waals surface area (Å²) in [6, 6.07) is 17.4. The number of hydrogen-bond donors (Lipinski definition) is 3. The van der Waals surface area contributed by atoms with Crippen LogP contribution in [0.15, 0.2) is 60.8 Å². The molecule has 36 heavy (non-hydrogen) atoms. The minimum absolute atomic E-state index is 0.108. The highest BCUT2D eigenvalue weighted by molar-refractivity contribution is 5.94. The van der Waals surface area contributed by atoms with E-state index in [1.807, 2.05) is 47.5 Å². The summed E-state index contributed by atoms with van der Waals surface area (Å²) in [5.74, 6) is 1.07. The normalized spacial score (nSPS) is 14.8. The van der Waals surface area contributed by atoms with E-state index in [0.29, 0.717) is 23.0 Å². The highest BCUT2D eigenvalue weighted by Gasteiger charge is 2.18. The summed E-state index contributed by atoms with van der Waals surface area (Å²) in [7, 11) is 2.09. The summed E-state index contributed by atoms with van der Waals surface area (Å²) < 4.78 is 2.06. The van der Waals surface area contributed by atoms with Gasteiger partial charge in [0.05, 0.1) is 6.20 Å². The molecule has 10 nitrogen and oxygen atoms in total. The molecule has 0 atom stereocenters. The van der Waals surface area contributed by atoms with Crippen LogP contribution >= 0.6 is 0 Å². The standard InChI is InChI=1S/C26H31N9O/c1-18(2)35-23-22(30-26(35)29-20-7-5-4-6-8-20)17-27-25(31-23)28-21-11-9-19(10-12-21)24(36)32-34-15-13-33(3)14-16-34/h4-12,17-18H,13-16H2,1-3H3,(H,29,30)(H,32,36)(H,27,28,31). The predicted molar refractivity (Wildman–Crippen MR) is 142 cm³/mol. The average molecular weight is 486 g/mol. The van der Waals surface area contributed by atoms with Crippen molar-refractivity contribution >= 4 is 40.3 Å². The number of carbonyl (C=O) groups excluding carboxylic acids is 1. The third-order valence-corrected chi connectivity index (χ3v) is 6.15. The smallest absolute Gasteiger partial charge is 0.265 e. The first kappa shape index (κ1) is 23.7. The van der Waals surface area contributed by atoms with Crippen LogP contribution in [0.2, 0.25) is 0 Å². The molecule has 0 saturated carbocycles. The molecule has 2 aromatic carbocycles. The number of amides is 1. The van der Waals surface area contributed by atoms with Gasteiger partial charge in [0.25, 0.3) is 5.91 Å². The van der Waals surface area contributed by atoms with E-state index >= 15 is 0 Å². The lowest BCUT2D eigenvalue weighted by Gasteiger charge is -2.32. The quantitative estimate of drug-likeness (QED) is 0.363. The van der Waals surface area contributed by atoms with Gasteiger partial charge in [0.2, 0.25) is 11.9 Å². The molecule has 2 aromatic heterocycles. The molecule has 0 bridgehead atoms. The molecule has 1 amide bonds. The second kappa shape index (κ2) is 10.3. The Balaban J connectivity index is 1.30. The van der Waals surface area contributed by atoms with E-state index in [1.54, 1.807) is 18.3 Å². The van der Waals surface area contributed by atoms with E-state index in [-0.39, 0.29) is 11.9 Å². The van der Waals surface area contributed by atoms with Gasteiger partial charge in [-0.3, -0.25) is 14.8 Å². The molecule has 0 unspecified atom stereocenters. The van der Waals surface area contributed by atoms with Crippen LogP contribution in [0, 0.1) is 0 Å². The first-order chi connectivity index (χ1) is 17.5. The van der Waals surface area contributed by atoms with Gasteiger partial charge in [-0.2, -0.15) is 4.98 Å². The lowest BCUT2D eigenvalue weighted by atomic mass is 10.2. The van der Waals surface area contributed by atoms with Crippen LogP contribution in [0.5, 0.6) is 0 Å². The van der Waals surface area contributed by atoms with E-state index < -0.39 is 0 Å². The Labute approximate surface area is 210 Å². The van der Waals surface area contributed by atoms with Crippen molar-refractivity contribution in [2.24, 2.45) is 0 Å². The first-order valence-corrected chi connectivity index (χ1v) is 12.1. The number of fused-ring (bicyclic) bond motifs is 1. The van der Waals surface area contributed by atoms with Gasteiger partial charge in [0.1, 0.15) is 5.52 Å². The zero-order valence-corrected chi connectivity index (χ0v) is 20.8. The maximum Gasteiger partial charge on any atom is 0.265 e. The highest BCUT2D eigenvalue weighted by atomic mass is 16.2. The fourth-order valence-corrected chi connectivity index (χ4v) is 4.14. The molecule has 0 radical (unpaired) electrons. The predicted octanol–water partition coefficient (Wildman–Crippen LogP) is 3.79. The molecule has 10 heteroatoms. The minimum Gasteiger partial charge on any atom is -0.326 e. The van der Waals surface area contributed by atoms with Gasteiger partial charge in [0.15, 0.2) is 5.65 Å². The van der Waals surface area contributed by atoms with Crippen molar-refractivity contribution in [2.45, 2.75) is 19.9 Å². The van der Waals surface area contributed by atoms with Crippen LogP contribution in [0.4, 0.5) is 23.3 Å². The number of likely N-dealkylation sites (N-methyl/N-ethyl adjacent to an activating group) is 1. The molecule has 0 aliphatic carbocycles. The van der Waals surface area contributed by atoms with Crippen molar-refractivity contribution in [3.05, 3.63) is 66.4 Å². The third kappa shape index (κ3) is 5.29. The number of benzene rings is 2. The molecule has 3 heterocycles. The molecular weight excluding hydrogens is 454 g/mol. The highest BCUT2D eigenvalue weighted by Crippen LogP contribution is 2.26. The number of para-hydroxylation sites is 1. The van der Waals surface area contributed by atoms with Crippen molar-refractivity contribution < 1.29 is 4.79 Å². The fraction of sp³-hybridized carbons (Fsp3) is 0.308. The zero-order chi connectivity index (χ0) is 25.1. The summed E-state index contributed by atoms with van der Waals surface area (Å²) in [5.41, 5.74) is 6.79. The Morgan fingerprint density at radius 2 is 1.58 bits per heavy atom. The number of rotatable bonds is 7. The number of nitrogens with one attached hydrogen (secondary N) is 3. The molecule has 1 saturated heterocycles. The van der Waals surface area contributed by atoms with E-state index in [9.17, 15) is 4.79 Å². The SMILES string of the molecule is CC(C)n1c(Nc2ccccc2)nc2cnc(Nc3ccc(C(=O)NN4CCN(C)CC4)cc3)nc21. The summed E-state index contributed by atoms with van der Waals surface area (Å²) in [6.07, 6.45) is 1.72. The van der Waals surface area contributed by atoms with Crippen molar-refractivity contribution in [1.29, 1.82) is 0 Å². The Kier molecular flexibility index (Phi) is 6.79. The molecule has 4 aromatic rings. The first-order valence-electron chi connectivity index (χ1n) is 12.1. The van der Waals surface area contributed by atoms with Crippen molar-refractivity contribution in [1.82, 2.24) is 34.9 Å². The van der Waals surface area contributed by atoms with Gasteiger partial charge < -0.3 is 15.5 Å². The largest absolute Gasteiger partial charge is 0.326 e. The van der Waals surface area contributed by atoms with Crippen LogP contribution in [-0.2, 0) is 0 Å². The maximum atomic E-state index is 12.6. The molecule has 3 N–H and O–H groups in total. The molecule has 5 rings (SSSR count). The number of aromatic nitrogens is 4. The number of nitrogens with zero attached hydrogens (tertiary/aromatic N) is 6. The maximum absolute atomic E-state index is 12.6. The lowest BCUT2D eigenvalue weighted by Crippen LogP contribution is -2.52. The number of imidazole rings is 1. The van der Waals surface area contributed by atoms with E-state index in [0.717, 1.165) is 43.2 Å². The van der Waals surface area contributed by atoms with E-state index in [2.05, 4.69) is 51.4 Å². The van der Waals surface area contributed by atoms with Crippen molar-refractivity contribution in [2.75, 3.05) is 43.9 Å². The Bertz CT molecular complexity index is 1330. The summed E-state index contributed by atoms with van der Waals surface area (Å²) in [6.45, 7) is 7.70. The minimum atomic E-state index is -0.108. The average Bonchev–Trinajstić information content (AvgIpc) is 3.23. The second-order valence-electron chi connectivity index (χ2n) is 9.23.